The van der Waals surface area contributed by atoms with E-state index < -0.39 is 0 Å². The van der Waals surface area contributed by atoms with Crippen molar-refractivity contribution in [3.63, 3.8) is 0 Å². The van der Waals surface area contributed by atoms with Gasteiger partial charge < -0.3 is 15.2 Å². The Balaban J connectivity index is 1.57. The summed E-state index contributed by atoms with van der Waals surface area (Å²) in [6, 6.07) is 6.28. The molecule has 0 aromatic carbocycles. The van der Waals surface area contributed by atoms with Gasteiger partial charge in [-0.2, -0.15) is 11.3 Å². The van der Waals surface area contributed by atoms with E-state index in [1.807, 2.05) is 18.3 Å². The van der Waals surface area contributed by atoms with Crippen LogP contribution >= 0.6 is 11.3 Å². The molecule has 2 aromatic heterocycles. The summed E-state index contributed by atoms with van der Waals surface area (Å²) in [5.41, 5.74) is 2.30. The second-order valence-electron chi connectivity index (χ2n) is 6.48. The van der Waals surface area contributed by atoms with E-state index in [-0.39, 0.29) is 5.91 Å². The smallest absolute Gasteiger partial charge is 0.270 e. The van der Waals surface area contributed by atoms with Crippen molar-refractivity contribution in [3.05, 3.63) is 46.4 Å². The Labute approximate surface area is 134 Å². The number of nitrogens with zero attached hydrogens (tertiary/aromatic N) is 1. The lowest BCUT2D eigenvalue weighted by Crippen LogP contribution is -2.39. The Morgan fingerprint density at radius 2 is 2.23 bits per heavy atom. The van der Waals surface area contributed by atoms with Gasteiger partial charge in [0.25, 0.3) is 5.91 Å². The van der Waals surface area contributed by atoms with E-state index in [0.29, 0.717) is 17.2 Å². The van der Waals surface area contributed by atoms with Gasteiger partial charge in [-0.15, -0.1) is 0 Å². The molecule has 1 spiro atoms. The maximum Gasteiger partial charge on any atom is 0.270 e. The van der Waals surface area contributed by atoms with Crippen molar-refractivity contribution in [1.82, 2.24) is 15.2 Å². The zero-order chi connectivity index (χ0) is 15.0. The molecule has 1 saturated carbocycles. The average molecular weight is 315 g/mol. The van der Waals surface area contributed by atoms with Gasteiger partial charge in [-0.1, -0.05) is 0 Å². The lowest BCUT2D eigenvalue weighted by Gasteiger charge is -2.29. The molecule has 22 heavy (non-hydrogen) atoms. The van der Waals surface area contributed by atoms with Crippen molar-refractivity contribution in [2.75, 3.05) is 13.1 Å². The van der Waals surface area contributed by atoms with E-state index in [4.69, 9.17) is 0 Å². The predicted octanol–water partition coefficient (Wildman–Crippen LogP) is 2.86. The fourth-order valence-corrected chi connectivity index (χ4v) is 4.41. The van der Waals surface area contributed by atoms with Crippen LogP contribution in [-0.4, -0.2) is 34.9 Å². The van der Waals surface area contributed by atoms with Gasteiger partial charge in [0.1, 0.15) is 5.69 Å². The molecule has 2 aliphatic rings. The van der Waals surface area contributed by atoms with Crippen molar-refractivity contribution in [2.45, 2.75) is 31.8 Å². The zero-order valence-electron chi connectivity index (χ0n) is 12.5. The monoisotopic (exact) mass is 315 g/mol. The number of amides is 1. The summed E-state index contributed by atoms with van der Waals surface area (Å²) in [6.45, 7) is 2.89. The molecule has 0 unspecified atom stereocenters. The van der Waals surface area contributed by atoms with Gasteiger partial charge in [-0.05, 0) is 72.3 Å². The number of hydrogen-bond donors (Lipinski definition) is 2. The van der Waals surface area contributed by atoms with E-state index in [1.54, 1.807) is 11.3 Å². The van der Waals surface area contributed by atoms with Crippen LogP contribution in [0.3, 0.4) is 0 Å². The van der Waals surface area contributed by atoms with Crippen molar-refractivity contribution in [2.24, 2.45) is 5.41 Å². The van der Waals surface area contributed by atoms with Crippen LogP contribution in [0.25, 0.3) is 0 Å². The normalized spacial score (nSPS) is 22.6. The maximum atomic E-state index is 12.9. The third-order valence-corrected chi connectivity index (χ3v) is 5.88. The van der Waals surface area contributed by atoms with Gasteiger partial charge in [-0.25, -0.2) is 0 Å². The minimum Gasteiger partial charge on any atom is -0.357 e. The molecule has 116 valence electrons. The van der Waals surface area contributed by atoms with E-state index in [2.05, 4.69) is 32.0 Å². The van der Waals surface area contributed by atoms with Crippen molar-refractivity contribution in [1.29, 1.82) is 0 Å². The lowest BCUT2D eigenvalue weighted by atomic mass is 9.93. The number of piperidine rings is 1. The van der Waals surface area contributed by atoms with E-state index in [0.717, 1.165) is 26.1 Å². The topological polar surface area (TPSA) is 48.1 Å². The van der Waals surface area contributed by atoms with Crippen LogP contribution in [0.1, 0.15) is 35.3 Å². The molecule has 5 heteroatoms. The minimum absolute atomic E-state index is 0.136. The third kappa shape index (κ3) is 2.48. The number of thiophene rings is 1. The molecule has 4 rings (SSSR count). The first-order valence-corrected chi connectivity index (χ1v) is 8.89. The molecule has 2 aromatic rings. The predicted molar refractivity (Wildman–Crippen MR) is 87.9 cm³/mol. The average Bonchev–Trinajstić information content (AvgIpc) is 3.02. The maximum absolute atomic E-state index is 12.9. The molecule has 1 aliphatic carbocycles. The van der Waals surface area contributed by atoms with Gasteiger partial charge >= 0.3 is 0 Å². The highest BCUT2D eigenvalue weighted by Gasteiger charge is 2.57. The summed E-state index contributed by atoms with van der Waals surface area (Å²) in [7, 11) is 0. The number of carbonyl (C=O) groups excluding carboxylic acids is 1. The highest BCUT2D eigenvalue weighted by molar-refractivity contribution is 7.07. The Hall–Kier alpha value is -1.59. The molecule has 0 radical (unpaired) electrons. The van der Waals surface area contributed by atoms with Crippen LogP contribution in [0.4, 0.5) is 0 Å². The fraction of sp³-hybridized carbons (Fsp3) is 0.471. The highest BCUT2D eigenvalue weighted by Crippen LogP contribution is 2.56. The molecule has 0 bridgehead atoms. The molecule has 2 N–H and O–H groups in total. The molecular weight excluding hydrogens is 294 g/mol. The number of carbonyl (C=O) groups is 1. The third-order valence-electron chi connectivity index (χ3n) is 5.14. The molecule has 3 heterocycles. The first-order chi connectivity index (χ1) is 10.8. The summed E-state index contributed by atoms with van der Waals surface area (Å²) in [5.74, 6) is 0.136. The number of H-pyrrole nitrogens is 1. The van der Waals surface area contributed by atoms with Gasteiger partial charge in [0.05, 0.1) is 0 Å². The molecule has 4 nitrogen and oxygen atoms in total. The van der Waals surface area contributed by atoms with Crippen LogP contribution in [0.2, 0.25) is 0 Å². The van der Waals surface area contributed by atoms with Crippen LogP contribution in [-0.2, 0) is 6.54 Å². The summed E-state index contributed by atoms with van der Waals surface area (Å²) in [5, 5.41) is 7.66. The second kappa shape index (κ2) is 5.56. The largest absolute Gasteiger partial charge is 0.357 e. The Kier molecular flexibility index (Phi) is 3.54. The number of hydrogen-bond acceptors (Lipinski definition) is 3. The molecule has 2 fully saturated rings. The van der Waals surface area contributed by atoms with Crippen molar-refractivity contribution < 1.29 is 4.79 Å². The molecule has 1 atom stereocenters. The first kappa shape index (κ1) is 14.0. The molecule has 1 saturated heterocycles. The Morgan fingerprint density at radius 1 is 1.36 bits per heavy atom. The Morgan fingerprint density at radius 3 is 2.91 bits per heavy atom. The number of nitrogens with one attached hydrogen (secondary N) is 2. The minimum atomic E-state index is 0.136. The molecule has 1 amide bonds. The van der Waals surface area contributed by atoms with Gasteiger partial charge in [0.15, 0.2) is 0 Å². The van der Waals surface area contributed by atoms with Crippen LogP contribution in [0, 0.1) is 5.41 Å². The van der Waals surface area contributed by atoms with Crippen LogP contribution in [0.5, 0.6) is 0 Å². The second-order valence-corrected chi connectivity index (χ2v) is 7.26. The summed E-state index contributed by atoms with van der Waals surface area (Å²) >= 11 is 1.69. The van der Waals surface area contributed by atoms with Gasteiger partial charge in [0, 0.05) is 18.8 Å². The standard InChI is InChI=1S/C17H21N3OS/c21-16(14-2-1-6-19-14)20(11-13-3-9-22-12-13)15-10-17(15)4-7-18-8-5-17/h1-3,6,9,12,15,18-19H,4-5,7-8,10-11H2/t15-/m1/s1. The fourth-order valence-electron chi connectivity index (χ4n) is 3.75. The van der Waals surface area contributed by atoms with Gasteiger partial charge in [-0.3, -0.25) is 4.79 Å². The molecular formula is C17H21N3OS. The summed E-state index contributed by atoms with van der Waals surface area (Å²) in [6.07, 6.45) is 5.36. The lowest BCUT2D eigenvalue weighted by molar-refractivity contribution is 0.0687. The van der Waals surface area contributed by atoms with Crippen LogP contribution < -0.4 is 5.32 Å². The number of aromatic amines is 1. The summed E-state index contributed by atoms with van der Waals surface area (Å²) < 4.78 is 0. The molecule has 1 aliphatic heterocycles. The van der Waals surface area contributed by atoms with E-state index in [9.17, 15) is 4.79 Å². The SMILES string of the molecule is O=C(c1ccc[nH]1)N(Cc1ccsc1)[C@@H]1CC12CCNCC2. The van der Waals surface area contributed by atoms with Crippen molar-refractivity contribution in [3.8, 4) is 0 Å². The van der Waals surface area contributed by atoms with Crippen LogP contribution in [0.15, 0.2) is 35.2 Å². The quantitative estimate of drug-likeness (QED) is 0.911. The highest BCUT2D eigenvalue weighted by atomic mass is 32.1. The van der Waals surface area contributed by atoms with Crippen molar-refractivity contribution >= 4 is 17.2 Å². The number of aromatic nitrogens is 1. The number of rotatable bonds is 4. The first-order valence-electron chi connectivity index (χ1n) is 7.95. The van der Waals surface area contributed by atoms with E-state index >= 15 is 0 Å². The van der Waals surface area contributed by atoms with Gasteiger partial charge in [0.2, 0.25) is 0 Å². The van der Waals surface area contributed by atoms with E-state index in [1.165, 1.54) is 18.4 Å². The zero-order valence-corrected chi connectivity index (χ0v) is 13.4. The Bertz CT molecular complexity index is 629. The summed E-state index contributed by atoms with van der Waals surface area (Å²) in [4.78, 5) is 18.1.